The number of nitrogens with two attached hydrogens (primary N) is 1. The Morgan fingerprint density at radius 2 is 1.54 bits per heavy atom. The molecule has 0 rings (SSSR count). The number of aliphatic hydroxyl groups excluding tert-OH is 1. The monoisotopic (exact) mass is 404 g/mol. The molecule has 12 heteroatoms. The van der Waals surface area contributed by atoms with Gasteiger partial charge in [-0.05, 0) is 19.3 Å². The van der Waals surface area contributed by atoms with Crippen molar-refractivity contribution in [3.8, 4) is 0 Å². The van der Waals surface area contributed by atoms with E-state index in [1.165, 1.54) is 6.92 Å². The number of amides is 3. The third-order valence-corrected chi connectivity index (χ3v) is 3.77. The van der Waals surface area contributed by atoms with Gasteiger partial charge in [-0.2, -0.15) is 0 Å². The highest BCUT2D eigenvalue weighted by atomic mass is 16.4. The fourth-order valence-corrected chi connectivity index (χ4v) is 2.05. The molecular weight excluding hydrogens is 376 g/mol. The van der Waals surface area contributed by atoms with Crippen molar-refractivity contribution >= 4 is 29.7 Å². The van der Waals surface area contributed by atoms with Crippen LogP contribution in [-0.4, -0.2) is 75.8 Å². The molecule has 0 aromatic heterocycles. The Balaban J connectivity index is 4.97. The minimum atomic E-state index is -1.31. The Bertz CT molecular complexity index is 593. The van der Waals surface area contributed by atoms with Gasteiger partial charge in [0.2, 0.25) is 17.7 Å². The molecule has 0 aromatic rings. The summed E-state index contributed by atoms with van der Waals surface area (Å²) in [6, 6.07) is -3.78. The van der Waals surface area contributed by atoms with E-state index in [-0.39, 0.29) is 6.42 Å². The zero-order chi connectivity index (χ0) is 22.0. The molecule has 4 atom stereocenters. The summed E-state index contributed by atoms with van der Waals surface area (Å²) in [6.45, 7) is 3.88. The van der Waals surface area contributed by atoms with Gasteiger partial charge in [-0.15, -0.1) is 0 Å². The Labute approximate surface area is 161 Å². The second-order valence-electron chi connectivity index (χ2n) is 6.61. The normalized spacial score (nSPS) is 15.1. The first-order chi connectivity index (χ1) is 12.9. The van der Waals surface area contributed by atoms with Crippen molar-refractivity contribution in [3.63, 3.8) is 0 Å². The van der Waals surface area contributed by atoms with Crippen LogP contribution in [-0.2, 0) is 24.0 Å². The number of aliphatic hydroxyl groups is 1. The van der Waals surface area contributed by atoms with Crippen LogP contribution in [0.1, 0.15) is 33.6 Å². The summed E-state index contributed by atoms with van der Waals surface area (Å²) in [4.78, 5) is 57.9. The van der Waals surface area contributed by atoms with Gasteiger partial charge in [0.25, 0.3) is 0 Å². The van der Waals surface area contributed by atoms with Crippen LogP contribution in [0.4, 0.5) is 0 Å². The van der Waals surface area contributed by atoms with E-state index < -0.39 is 72.8 Å². The molecule has 8 N–H and O–H groups in total. The number of hydrogen-bond acceptors (Lipinski definition) is 7. The molecule has 0 aliphatic carbocycles. The van der Waals surface area contributed by atoms with Crippen LogP contribution >= 0.6 is 0 Å². The number of hydrogen-bond donors (Lipinski definition) is 7. The van der Waals surface area contributed by atoms with Crippen LogP contribution in [0.15, 0.2) is 0 Å². The number of carbonyl (C=O) groups excluding carboxylic acids is 3. The van der Waals surface area contributed by atoms with E-state index in [4.69, 9.17) is 15.9 Å². The predicted molar refractivity (Wildman–Crippen MR) is 95.9 cm³/mol. The first-order valence-corrected chi connectivity index (χ1v) is 8.62. The van der Waals surface area contributed by atoms with Crippen molar-refractivity contribution < 1.29 is 39.3 Å². The standard InChI is InChI=1S/C16H28N4O8/c1-7(2)13(16(27)28)20-14(25)9(4-5-11(23)24)19-10(22)6-18-15(26)12(17)8(3)21/h7-9,12-13,21H,4-6,17H2,1-3H3,(H,18,26)(H,19,22)(H,20,25)(H,23,24)(H,27,28). The molecule has 28 heavy (non-hydrogen) atoms. The number of carboxylic acids is 2. The van der Waals surface area contributed by atoms with Crippen LogP contribution < -0.4 is 21.7 Å². The maximum Gasteiger partial charge on any atom is 0.326 e. The summed E-state index contributed by atoms with van der Waals surface area (Å²) < 4.78 is 0. The number of nitrogens with one attached hydrogen (secondary N) is 3. The largest absolute Gasteiger partial charge is 0.481 e. The summed E-state index contributed by atoms with van der Waals surface area (Å²) in [6.07, 6.45) is -1.86. The highest BCUT2D eigenvalue weighted by Gasteiger charge is 2.29. The smallest absolute Gasteiger partial charge is 0.326 e. The summed E-state index contributed by atoms with van der Waals surface area (Å²) in [5.74, 6) is -5.38. The Kier molecular flexibility index (Phi) is 10.7. The number of carbonyl (C=O) groups is 5. The average Bonchev–Trinajstić information content (AvgIpc) is 2.59. The third kappa shape index (κ3) is 9.28. The van der Waals surface area contributed by atoms with Crippen LogP contribution in [0.3, 0.4) is 0 Å². The lowest BCUT2D eigenvalue weighted by atomic mass is 10.0. The molecule has 160 valence electrons. The first kappa shape index (κ1) is 25.3. The van der Waals surface area contributed by atoms with E-state index in [9.17, 15) is 29.1 Å². The quantitative estimate of drug-likeness (QED) is 0.181. The van der Waals surface area contributed by atoms with Crippen LogP contribution in [0.2, 0.25) is 0 Å². The van der Waals surface area contributed by atoms with Gasteiger partial charge in [-0.25, -0.2) is 4.79 Å². The second-order valence-corrected chi connectivity index (χ2v) is 6.61. The maximum absolute atomic E-state index is 12.3. The molecule has 0 fully saturated rings. The molecule has 0 aliphatic heterocycles. The molecule has 0 spiro atoms. The topological polar surface area (TPSA) is 208 Å². The SMILES string of the molecule is CC(C)C(NC(=O)C(CCC(=O)O)NC(=O)CNC(=O)C(N)C(C)O)C(=O)O. The van der Waals surface area contributed by atoms with Crippen molar-refractivity contribution in [2.24, 2.45) is 11.7 Å². The van der Waals surface area contributed by atoms with Crippen molar-refractivity contribution in [3.05, 3.63) is 0 Å². The highest BCUT2D eigenvalue weighted by Crippen LogP contribution is 2.05. The molecule has 0 aromatic carbocycles. The predicted octanol–water partition coefficient (Wildman–Crippen LogP) is -2.61. The van der Waals surface area contributed by atoms with Crippen molar-refractivity contribution in [2.45, 2.75) is 57.8 Å². The van der Waals surface area contributed by atoms with Gasteiger partial charge in [0.05, 0.1) is 12.6 Å². The van der Waals surface area contributed by atoms with Crippen LogP contribution in [0.25, 0.3) is 0 Å². The average molecular weight is 404 g/mol. The summed E-state index contributed by atoms with van der Waals surface area (Å²) in [7, 11) is 0. The molecule has 0 saturated carbocycles. The van der Waals surface area contributed by atoms with E-state index >= 15 is 0 Å². The fraction of sp³-hybridized carbons (Fsp3) is 0.688. The second kappa shape index (κ2) is 11.9. The number of carboxylic acid groups (broad SMARTS) is 2. The minimum absolute atomic E-state index is 0.279. The van der Waals surface area contributed by atoms with Gasteiger partial charge in [0.1, 0.15) is 18.1 Å². The van der Waals surface area contributed by atoms with Gasteiger partial charge < -0.3 is 37.0 Å². The Morgan fingerprint density at radius 3 is 1.96 bits per heavy atom. The summed E-state index contributed by atoms with van der Waals surface area (Å²) >= 11 is 0. The van der Waals surface area contributed by atoms with E-state index in [0.29, 0.717) is 0 Å². The lowest BCUT2D eigenvalue weighted by molar-refractivity contribution is -0.144. The molecule has 0 heterocycles. The molecule has 4 unspecified atom stereocenters. The number of aliphatic carboxylic acids is 2. The van der Waals surface area contributed by atoms with Crippen molar-refractivity contribution in [1.29, 1.82) is 0 Å². The van der Waals surface area contributed by atoms with Crippen molar-refractivity contribution in [2.75, 3.05) is 6.54 Å². The third-order valence-electron chi connectivity index (χ3n) is 3.77. The van der Waals surface area contributed by atoms with Gasteiger partial charge in [-0.1, -0.05) is 13.8 Å². The number of rotatable bonds is 12. The molecule has 0 aliphatic rings. The molecule has 0 radical (unpaired) electrons. The lowest BCUT2D eigenvalue weighted by Gasteiger charge is -2.23. The van der Waals surface area contributed by atoms with Crippen LogP contribution in [0, 0.1) is 5.92 Å². The zero-order valence-corrected chi connectivity index (χ0v) is 16.0. The van der Waals surface area contributed by atoms with E-state index in [2.05, 4.69) is 16.0 Å². The Hall–Kier alpha value is -2.73. The molecule has 3 amide bonds. The molecule has 0 bridgehead atoms. The maximum atomic E-state index is 12.3. The van der Waals surface area contributed by atoms with Gasteiger partial charge in [0.15, 0.2) is 0 Å². The molecule has 12 nitrogen and oxygen atoms in total. The van der Waals surface area contributed by atoms with Crippen molar-refractivity contribution in [1.82, 2.24) is 16.0 Å². The van der Waals surface area contributed by atoms with Gasteiger partial charge in [-0.3, -0.25) is 19.2 Å². The summed E-state index contributed by atoms with van der Waals surface area (Å²) in [5, 5.41) is 33.8. The van der Waals surface area contributed by atoms with Gasteiger partial charge >= 0.3 is 11.9 Å². The van der Waals surface area contributed by atoms with E-state index in [1.54, 1.807) is 13.8 Å². The van der Waals surface area contributed by atoms with E-state index in [0.717, 1.165) is 0 Å². The van der Waals surface area contributed by atoms with Gasteiger partial charge in [0, 0.05) is 6.42 Å². The lowest BCUT2D eigenvalue weighted by Crippen LogP contribution is -2.55. The first-order valence-electron chi connectivity index (χ1n) is 8.62. The molecule has 0 saturated heterocycles. The van der Waals surface area contributed by atoms with Crippen LogP contribution in [0.5, 0.6) is 0 Å². The minimum Gasteiger partial charge on any atom is -0.481 e. The zero-order valence-electron chi connectivity index (χ0n) is 16.0. The highest BCUT2D eigenvalue weighted by molar-refractivity contribution is 5.92. The summed E-state index contributed by atoms with van der Waals surface area (Å²) in [5.41, 5.74) is 5.41. The fourth-order valence-electron chi connectivity index (χ4n) is 2.05. The molecular formula is C16H28N4O8. The van der Waals surface area contributed by atoms with E-state index in [1.807, 2.05) is 0 Å². The Morgan fingerprint density at radius 1 is 0.964 bits per heavy atom.